The van der Waals surface area contributed by atoms with Crippen molar-refractivity contribution in [1.29, 1.82) is 0 Å². The minimum atomic E-state index is -0.473. The molecule has 0 aromatic heterocycles. The van der Waals surface area contributed by atoms with E-state index in [-0.39, 0.29) is 5.91 Å². The Balaban J connectivity index is 2.47. The van der Waals surface area contributed by atoms with Gasteiger partial charge in [-0.2, -0.15) is 0 Å². The van der Waals surface area contributed by atoms with E-state index in [0.717, 1.165) is 12.1 Å². The van der Waals surface area contributed by atoms with Gasteiger partial charge in [-0.05, 0) is 37.5 Å². The molecular formula is C14H22N2O. The fraction of sp³-hybridized carbons (Fsp3) is 0.500. The van der Waals surface area contributed by atoms with Crippen LogP contribution in [0.4, 0.5) is 5.69 Å². The third kappa shape index (κ3) is 5.00. The molecule has 0 aliphatic carbocycles. The monoisotopic (exact) mass is 234 g/mol. The van der Waals surface area contributed by atoms with Gasteiger partial charge < -0.3 is 11.1 Å². The van der Waals surface area contributed by atoms with Crippen LogP contribution in [0.1, 0.15) is 38.7 Å². The fourth-order valence-electron chi connectivity index (χ4n) is 1.59. The number of aryl methyl sites for hydroxylation is 1. The first-order valence-electron chi connectivity index (χ1n) is 6.29. The maximum absolute atomic E-state index is 11.4. The molecule has 0 bridgehead atoms. The van der Waals surface area contributed by atoms with Gasteiger partial charge in [0.2, 0.25) is 5.91 Å². The van der Waals surface area contributed by atoms with E-state index in [4.69, 9.17) is 5.73 Å². The average molecular weight is 234 g/mol. The zero-order valence-electron chi connectivity index (χ0n) is 10.7. The summed E-state index contributed by atoms with van der Waals surface area (Å²) < 4.78 is 0. The Labute approximate surface area is 103 Å². The molecule has 0 spiro atoms. The molecule has 1 aromatic rings. The van der Waals surface area contributed by atoms with Crippen LogP contribution >= 0.6 is 0 Å². The van der Waals surface area contributed by atoms with Crippen molar-refractivity contribution in [2.75, 3.05) is 5.32 Å². The summed E-state index contributed by atoms with van der Waals surface area (Å²) in [6, 6.07) is 7.52. The van der Waals surface area contributed by atoms with Crippen LogP contribution < -0.4 is 11.1 Å². The Morgan fingerprint density at radius 3 is 2.47 bits per heavy atom. The lowest BCUT2D eigenvalue weighted by atomic mass is 10.1. The number of amides is 1. The molecule has 3 heteroatoms. The lowest BCUT2D eigenvalue weighted by Gasteiger charge is -2.08. The van der Waals surface area contributed by atoms with Gasteiger partial charge in [-0.15, -0.1) is 0 Å². The largest absolute Gasteiger partial charge is 0.325 e. The zero-order chi connectivity index (χ0) is 12.7. The van der Waals surface area contributed by atoms with Crippen LogP contribution in [0.15, 0.2) is 24.3 Å². The number of hydrogen-bond acceptors (Lipinski definition) is 2. The Morgan fingerprint density at radius 2 is 1.94 bits per heavy atom. The predicted octanol–water partition coefficient (Wildman–Crippen LogP) is 2.71. The van der Waals surface area contributed by atoms with Gasteiger partial charge >= 0.3 is 0 Å². The molecule has 0 radical (unpaired) electrons. The molecule has 1 aromatic carbocycles. The summed E-state index contributed by atoms with van der Waals surface area (Å²) >= 11 is 0. The lowest BCUT2D eigenvalue weighted by molar-refractivity contribution is -0.117. The summed E-state index contributed by atoms with van der Waals surface area (Å²) in [5.41, 5.74) is 7.61. The molecule has 0 aliphatic heterocycles. The van der Waals surface area contributed by atoms with Crippen molar-refractivity contribution in [3.8, 4) is 0 Å². The maximum atomic E-state index is 11.4. The van der Waals surface area contributed by atoms with Crippen LogP contribution in [0.3, 0.4) is 0 Å². The molecule has 0 saturated carbocycles. The first-order valence-corrected chi connectivity index (χ1v) is 6.29. The van der Waals surface area contributed by atoms with E-state index in [9.17, 15) is 4.79 Å². The van der Waals surface area contributed by atoms with Gasteiger partial charge in [0, 0.05) is 5.69 Å². The summed E-state index contributed by atoms with van der Waals surface area (Å²) in [7, 11) is 0. The highest BCUT2D eigenvalue weighted by atomic mass is 16.2. The van der Waals surface area contributed by atoms with Crippen molar-refractivity contribution in [3.63, 3.8) is 0 Å². The van der Waals surface area contributed by atoms with E-state index in [1.807, 2.05) is 12.1 Å². The fourth-order valence-corrected chi connectivity index (χ4v) is 1.59. The van der Waals surface area contributed by atoms with Crippen LogP contribution in [0.25, 0.3) is 0 Å². The number of carbonyl (C=O) groups is 1. The molecule has 1 atom stereocenters. The second kappa shape index (κ2) is 7.07. The molecule has 17 heavy (non-hydrogen) atoms. The number of carbonyl (C=O) groups excluding carboxylic acids is 1. The van der Waals surface area contributed by atoms with Gasteiger partial charge in [-0.3, -0.25) is 4.79 Å². The summed E-state index contributed by atoms with van der Waals surface area (Å²) in [5, 5.41) is 2.77. The Bertz CT molecular complexity index is 344. The Kier molecular flexibility index (Phi) is 5.70. The van der Waals surface area contributed by atoms with Crippen LogP contribution in [-0.4, -0.2) is 11.9 Å². The Morgan fingerprint density at radius 1 is 1.29 bits per heavy atom. The molecule has 1 rings (SSSR count). The number of nitrogens with one attached hydrogen (secondary N) is 1. The minimum Gasteiger partial charge on any atom is -0.325 e. The maximum Gasteiger partial charge on any atom is 0.240 e. The van der Waals surface area contributed by atoms with Gasteiger partial charge in [0.1, 0.15) is 0 Å². The van der Waals surface area contributed by atoms with Crippen molar-refractivity contribution in [1.82, 2.24) is 0 Å². The van der Waals surface area contributed by atoms with Crippen LogP contribution in [0.5, 0.6) is 0 Å². The highest BCUT2D eigenvalue weighted by Crippen LogP contribution is 2.12. The molecule has 0 heterocycles. The number of hydrogen-bond donors (Lipinski definition) is 2. The van der Waals surface area contributed by atoms with Crippen molar-refractivity contribution >= 4 is 11.6 Å². The molecule has 1 amide bonds. The lowest BCUT2D eigenvalue weighted by Crippen LogP contribution is -2.32. The normalized spacial score (nSPS) is 12.2. The molecule has 0 unspecified atom stereocenters. The quantitative estimate of drug-likeness (QED) is 0.743. The molecule has 94 valence electrons. The number of nitrogens with two attached hydrogens (primary N) is 1. The second-order valence-electron chi connectivity index (χ2n) is 4.43. The molecule has 0 saturated heterocycles. The molecule has 0 aliphatic rings. The second-order valence-corrected chi connectivity index (χ2v) is 4.43. The number of anilines is 1. The highest BCUT2D eigenvalue weighted by Gasteiger charge is 2.06. The van der Waals surface area contributed by atoms with E-state index in [1.165, 1.54) is 24.8 Å². The van der Waals surface area contributed by atoms with Crippen molar-refractivity contribution in [2.45, 2.75) is 45.6 Å². The highest BCUT2D eigenvalue weighted by molar-refractivity contribution is 5.94. The zero-order valence-corrected chi connectivity index (χ0v) is 10.7. The van der Waals surface area contributed by atoms with E-state index in [0.29, 0.717) is 0 Å². The molecule has 3 N–H and O–H groups in total. The smallest absolute Gasteiger partial charge is 0.240 e. The van der Waals surface area contributed by atoms with E-state index in [2.05, 4.69) is 24.4 Å². The summed E-state index contributed by atoms with van der Waals surface area (Å²) in [5.74, 6) is -0.149. The van der Waals surface area contributed by atoms with Crippen LogP contribution in [0, 0.1) is 0 Å². The first-order chi connectivity index (χ1) is 8.13. The third-order valence-corrected chi connectivity index (χ3v) is 2.70. The standard InChI is InChI=1S/C14H22N2O/c1-3-4-5-6-12-7-9-13(10-8-12)16-14(17)11(2)15/h7-11H,3-6,15H2,1-2H3,(H,16,17)/t11-/m1/s1. The van der Waals surface area contributed by atoms with Gasteiger partial charge in [-0.25, -0.2) is 0 Å². The summed E-state index contributed by atoms with van der Waals surface area (Å²) in [4.78, 5) is 11.4. The van der Waals surface area contributed by atoms with Gasteiger partial charge in [0.15, 0.2) is 0 Å². The summed E-state index contributed by atoms with van der Waals surface area (Å²) in [6.07, 6.45) is 4.84. The van der Waals surface area contributed by atoms with Crippen molar-refractivity contribution in [3.05, 3.63) is 29.8 Å². The van der Waals surface area contributed by atoms with Crippen molar-refractivity contribution in [2.24, 2.45) is 5.73 Å². The van der Waals surface area contributed by atoms with E-state index in [1.54, 1.807) is 6.92 Å². The SMILES string of the molecule is CCCCCc1ccc(NC(=O)[C@@H](C)N)cc1. The number of rotatable bonds is 6. The topological polar surface area (TPSA) is 55.1 Å². The first kappa shape index (κ1) is 13.7. The average Bonchev–Trinajstić information content (AvgIpc) is 2.31. The molecule has 3 nitrogen and oxygen atoms in total. The molecular weight excluding hydrogens is 212 g/mol. The summed E-state index contributed by atoms with van der Waals surface area (Å²) in [6.45, 7) is 3.88. The van der Waals surface area contributed by atoms with E-state index < -0.39 is 6.04 Å². The van der Waals surface area contributed by atoms with E-state index >= 15 is 0 Å². The molecule has 0 fully saturated rings. The third-order valence-electron chi connectivity index (χ3n) is 2.70. The van der Waals surface area contributed by atoms with Gasteiger partial charge in [-0.1, -0.05) is 31.9 Å². The van der Waals surface area contributed by atoms with Gasteiger partial charge in [0.05, 0.1) is 6.04 Å². The minimum absolute atomic E-state index is 0.149. The number of benzene rings is 1. The van der Waals surface area contributed by atoms with Crippen LogP contribution in [0.2, 0.25) is 0 Å². The number of unbranched alkanes of at least 4 members (excludes halogenated alkanes) is 2. The predicted molar refractivity (Wildman–Crippen MR) is 72.0 cm³/mol. The van der Waals surface area contributed by atoms with Crippen molar-refractivity contribution < 1.29 is 4.79 Å². The van der Waals surface area contributed by atoms with Crippen LogP contribution in [-0.2, 0) is 11.2 Å². The van der Waals surface area contributed by atoms with Gasteiger partial charge in [0.25, 0.3) is 0 Å². The Hall–Kier alpha value is -1.35.